The summed E-state index contributed by atoms with van der Waals surface area (Å²) in [5, 5.41) is 0. The van der Waals surface area contributed by atoms with E-state index in [0.717, 1.165) is 16.9 Å². The third-order valence-electron chi connectivity index (χ3n) is 4.41. The van der Waals surface area contributed by atoms with E-state index >= 15 is 0 Å². The minimum atomic E-state index is -0.286. The van der Waals surface area contributed by atoms with E-state index in [0.29, 0.717) is 30.5 Å². The fourth-order valence-corrected chi connectivity index (χ4v) is 3.13. The smallest absolute Gasteiger partial charge is 0.203 e. The highest BCUT2D eigenvalue weighted by Crippen LogP contribution is 2.44. The molecule has 3 rings (SSSR count). The van der Waals surface area contributed by atoms with Crippen molar-refractivity contribution in [1.82, 2.24) is 0 Å². The van der Waals surface area contributed by atoms with Gasteiger partial charge < -0.3 is 28.4 Å². The van der Waals surface area contributed by atoms with Gasteiger partial charge in [-0.1, -0.05) is 12.1 Å². The van der Waals surface area contributed by atoms with Crippen molar-refractivity contribution in [2.24, 2.45) is 0 Å². The van der Waals surface area contributed by atoms with Crippen molar-refractivity contribution in [2.45, 2.75) is 12.2 Å². The predicted molar refractivity (Wildman–Crippen MR) is 96.5 cm³/mol. The molecule has 0 N–H and O–H groups in total. The van der Waals surface area contributed by atoms with Crippen LogP contribution >= 0.6 is 0 Å². The third kappa shape index (κ3) is 3.57. The number of rotatable bonds is 6. The molecule has 6 nitrogen and oxygen atoms in total. The van der Waals surface area contributed by atoms with Gasteiger partial charge >= 0.3 is 0 Å². The van der Waals surface area contributed by atoms with Gasteiger partial charge in [-0.05, 0) is 35.4 Å². The Morgan fingerprint density at radius 2 is 1.23 bits per heavy atom. The molecule has 140 valence electrons. The lowest BCUT2D eigenvalue weighted by atomic mass is 9.96. The molecule has 6 heteroatoms. The van der Waals surface area contributed by atoms with E-state index in [4.69, 9.17) is 28.4 Å². The van der Waals surface area contributed by atoms with Crippen LogP contribution in [0.25, 0.3) is 0 Å². The van der Waals surface area contributed by atoms with E-state index in [-0.39, 0.29) is 12.2 Å². The summed E-state index contributed by atoms with van der Waals surface area (Å²) in [5.41, 5.74) is 1.92. The average Bonchev–Trinajstić information content (AvgIpc) is 2.72. The SMILES string of the molecule is COc1ccc([C@@H]2OCCO[C@@H]2c2cc(OC)c(OC)c(OC)c2)cc1. The van der Waals surface area contributed by atoms with Crippen LogP contribution in [-0.2, 0) is 9.47 Å². The lowest BCUT2D eigenvalue weighted by molar-refractivity contribution is -0.145. The minimum absolute atomic E-state index is 0.238. The van der Waals surface area contributed by atoms with E-state index < -0.39 is 0 Å². The third-order valence-corrected chi connectivity index (χ3v) is 4.41. The molecule has 1 aliphatic heterocycles. The number of ether oxygens (including phenoxy) is 6. The van der Waals surface area contributed by atoms with Crippen LogP contribution < -0.4 is 18.9 Å². The summed E-state index contributed by atoms with van der Waals surface area (Å²) in [7, 11) is 6.43. The molecule has 1 heterocycles. The largest absolute Gasteiger partial charge is 0.497 e. The predicted octanol–water partition coefficient (Wildman–Crippen LogP) is 3.55. The molecule has 0 aromatic heterocycles. The van der Waals surface area contributed by atoms with Crippen molar-refractivity contribution in [1.29, 1.82) is 0 Å². The Kier molecular flexibility index (Phi) is 5.85. The van der Waals surface area contributed by atoms with Gasteiger partial charge in [-0.2, -0.15) is 0 Å². The second kappa shape index (κ2) is 8.29. The topological polar surface area (TPSA) is 55.4 Å². The zero-order chi connectivity index (χ0) is 18.5. The van der Waals surface area contributed by atoms with E-state index in [2.05, 4.69) is 0 Å². The molecule has 26 heavy (non-hydrogen) atoms. The first-order valence-corrected chi connectivity index (χ1v) is 8.38. The molecule has 0 unspecified atom stereocenters. The number of hydrogen-bond donors (Lipinski definition) is 0. The quantitative estimate of drug-likeness (QED) is 0.785. The molecule has 1 aliphatic rings. The lowest BCUT2D eigenvalue weighted by Crippen LogP contribution is -2.26. The first-order valence-electron chi connectivity index (χ1n) is 8.38. The van der Waals surface area contributed by atoms with E-state index in [9.17, 15) is 0 Å². The van der Waals surface area contributed by atoms with Gasteiger partial charge in [0.1, 0.15) is 18.0 Å². The maximum absolute atomic E-state index is 6.05. The molecular weight excluding hydrogens is 336 g/mol. The highest BCUT2D eigenvalue weighted by atomic mass is 16.6. The van der Waals surface area contributed by atoms with E-state index in [1.54, 1.807) is 28.4 Å². The van der Waals surface area contributed by atoms with Crippen LogP contribution in [-0.4, -0.2) is 41.7 Å². The first kappa shape index (κ1) is 18.4. The van der Waals surface area contributed by atoms with Gasteiger partial charge in [0.2, 0.25) is 5.75 Å². The minimum Gasteiger partial charge on any atom is -0.497 e. The van der Waals surface area contributed by atoms with Crippen molar-refractivity contribution in [2.75, 3.05) is 41.7 Å². The fraction of sp³-hybridized carbons (Fsp3) is 0.400. The summed E-state index contributed by atoms with van der Waals surface area (Å²) < 4.78 is 33.6. The Hall–Kier alpha value is -2.44. The van der Waals surface area contributed by atoms with Gasteiger partial charge in [0.05, 0.1) is 41.7 Å². The van der Waals surface area contributed by atoms with Gasteiger partial charge in [0, 0.05) is 0 Å². The van der Waals surface area contributed by atoms with Crippen LogP contribution in [0.3, 0.4) is 0 Å². The summed E-state index contributed by atoms with van der Waals surface area (Å²) in [6.07, 6.45) is -0.525. The Morgan fingerprint density at radius 3 is 1.69 bits per heavy atom. The molecule has 2 atom stereocenters. The lowest BCUT2D eigenvalue weighted by Gasteiger charge is -2.33. The van der Waals surface area contributed by atoms with Crippen LogP contribution in [0.1, 0.15) is 23.3 Å². The molecule has 2 aromatic carbocycles. The molecule has 1 saturated heterocycles. The van der Waals surface area contributed by atoms with Crippen molar-refractivity contribution >= 4 is 0 Å². The van der Waals surface area contributed by atoms with Gasteiger partial charge in [0.25, 0.3) is 0 Å². The first-order chi connectivity index (χ1) is 12.7. The zero-order valence-electron chi connectivity index (χ0n) is 15.5. The Morgan fingerprint density at radius 1 is 0.692 bits per heavy atom. The van der Waals surface area contributed by atoms with Crippen molar-refractivity contribution < 1.29 is 28.4 Å². The molecule has 0 aliphatic carbocycles. The standard InChI is InChI=1S/C20H24O6/c1-21-15-7-5-13(6-8-15)18-19(26-10-9-25-18)14-11-16(22-2)20(24-4)17(12-14)23-3/h5-8,11-12,18-19H,9-10H2,1-4H3/t18-,19+/m0/s1. The van der Waals surface area contributed by atoms with Crippen molar-refractivity contribution in [3.05, 3.63) is 47.5 Å². The van der Waals surface area contributed by atoms with E-state index in [1.165, 1.54) is 0 Å². The number of benzene rings is 2. The van der Waals surface area contributed by atoms with Crippen molar-refractivity contribution in [3.63, 3.8) is 0 Å². The molecule has 0 radical (unpaired) electrons. The molecule has 0 amide bonds. The highest BCUT2D eigenvalue weighted by Gasteiger charge is 2.31. The normalized spacial score (nSPS) is 19.7. The number of hydrogen-bond acceptors (Lipinski definition) is 6. The zero-order valence-corrected chi connectivity index (χ0v) is 15.5. The average molecular weight is 360 g/mol. The monoisotopic (exact) mass is 360 g/mol. The van der Waals surface area contributed by atoms with Crippen LogP contribution in [0.15, 0.2) is 36.4 Å². The highest BCUT2D eigenvalue weighted by molar-refractivity contribution is 5.54. The Bertz CT molecular complexity index is 703. The maximum Gasteiger partial charge on any atom is 0.203 e. The maximum atomic E-state index is 6.05. The van der Waals surface area contributed by atoms with Crippen LogP contribution in [0, 0.1) is 0 Å². The van der Waals surface area contributed by atoms with Gasteiger partial charge in [0.15, 0.2) is 11.5 Å². The second-order valence-electron chi connectivity index (χ2n) is 5.81. The van der Waals surface area contributed by atoms with Crippen LogP contribution in [0.5, 0.6) is 23.0 Å². The van der Waals surface area contributed by atoms with Crippen LogP contribution in [0.2, 0.25) is 0 Å². The van der Waals surface area contributed by atoms with Crippen molar-refractivity contribution in [3.8, 4) is 23.0 Å². The molecule has 1 fully saturated rings. The molecule has 0 bridgehead atoms. The molecule has 2 aromatic rings. The summed E-state index contributed by atoms with van der Waals surface area (Å²) in [6.45, 7) is 1.06. The Labute approximate surface area is 153 Å². The Balaban J connectivity index is 1.99. The van der Waals surface area contributed by atoms with Gasteiger partial charge in [-0.25, -0.2) is 0 Å². The number of methoxy groups -OCH3 is 4. The van der Waals surface area contributed by atoms with E-state index in [1.807, 2.05) is 36.4 Å². The molecule has 0 spiro atoms. The summed E-state index contributed by atoms with van der Waals surface area (Å²) in [6, 6.07) is 11.6. The summed E-state index contributed by atoms with van der Waals surface area (Å²) >= 11 is 0. The fourth-order valence-electron chi connectivity index (χ4n) is 3.13. The van der Waals surface area contributed by atoms with Crippen LogP contribution in [0.4, 0.5) is 0 Å². The van der Waals surface area contributed by atoms with Gasteiger partial charge in [-0.3, -0.25) is 0 Å². The summed E-state index contributed by atoms with van der Waals surface area (Å²) in [5.74, 6) is 2.53. The second-order valence-corrected chi connectivity index (χ2v) is 5.81. The summed E-state index contributed by atoms with van der Waals surface area (Å²) in [4.78, 5) is 0. The molecule has 0 saturated carbocycles. The molecular formula is C20H24O6. The van der Waals surface area contributed by atoms with Gasteiger partial charge in [-0.15, -0.1) is 0 Å².